The van der Waals surface area contributed by atoms with Crippen molar-refractivity contribution in [1.29, 1.82) is 0 Å². The summed E-state index contributed by atoms with van der Waals surface area (Å²) in [6.07, 6.45) is 1.88. The van der Waals surface area contributed by atoms with Crippen LogP contribution in [0.1, 0.15) is 37.0 Å². The summed E-state index contributed by atoms with van der Waals surface area (Å²) in [6.45, 7) is 4.82. The van der Waals surface area contributed by atoms with Crippen molar-refractivity contribution in [3.8, 4) is 0 Å². The van der Waals surface area contributed by atoms with E-state index < -0.39 is 11.9 Å². The molecule has 0 spiro atoms. The van der Waals surface area contributed by atoms with E-state index in [1.807, 2.05) is 0 Å². The maximum Gasteiger partial charge on any atom is 0.338 e. The molecule has 0 aromatic heterocycles. The van der Waals surface area contributed by atoms with Crippen molar-refractivity contribution in [2.24, 2.45) is 5.73 Å². The number of carbonyl (C=O) groups excluding carboxylic acids is 2. The van der Waals surface area contributed by atoms with Crippen molar-refractivity contribution in [3.63, 3.8) is 0 Å². The van der Waals surface area contributed by atoms with E-state index in [1.54, 1.807) is 30.0 Å². The standard InChI is InChI=1S/C15H23N3O3/c1-3-5-8-18(10-14(17)19)13-9-11(6-7-12(13)16)15(20)21-4-2/h6-7,9H,3-5,8,10,16H2,1-2H3,(H2,17,19). The molecule has 6 nitrogen and oxygen atoms in total. The number of anilines is 2. The minimum atomic E-state index is -0.438. The molecule has 116 valence electrons. The smallest absolute Gasteiger partial charge is 0.338 e. The fourth-order valence-corrected chi connectivity index (χ4v) is 1.98. The Balaban J connectivity index is 3.07. The first kappa shape index (κ1) is 16.8. The van der Waals surface area contributed by atoms with Crippen LogP contribution < -0.4 is 16.4 Å². The number of benzene rings is 1. The molecular formula is C15H23N3O3. The molecular weight excluding hydrogens is 270 g/mol. The predicted molar refractivity (Wildman–Crippen MR) is 83.1 cm³/mol. The van der Waals surface area contributed by atoms with Gasteiger partial charge in [0.1, 0.15) is 0 Å². The molecule has 21 heavy (non-hydrogen) atoms. The number of primary amides is 1. The van der Waals surface area contributed by atoms with Crippen LogP contribution in [0, 0.1) is 0 Å². The van der Waals surface area contributed by atoms with Gasteiger partial charge in [0.05, 0.1) is 30.1 Å². The molecule has 0 saturated heterocycles. The number of hydrogen-bond donors (Lipinski definition) is 2. The normalized spacial score (nSPS) is 10.2. The first-order valence-electron chi connectivity index (χ1n) is 7.09. The molecule has 0 saturated carbocycles. The van der Waals surface area contributed by atoms with E-state index in [0.717, 1.165) is 12.8 Å². The van der Waals surface area contributed by atoms with Crippen LogP contribution in [-0.4, -0.2) is 31.6 Å². The van der Waals surface area contributed by atoms with Crippen molar-refractivity contribution in [3.05, 3.63) is 23.8 Å². The summed E-state index contributed by atoms with van der Waals surface area (Å²) < 4.78 is 4.97. The highest BCUT2D eigenvalue weighted by atomic mass is 16.5. The van der Waals surface area contributed by atoms with Gasteiger partial charge in [-0.3, -0.25) is 4.79 Å². The molecule has 0 heterocycles. The Morgan fingerprint density at radius 2 is 2.00 bits per heavy atom. The quantitative estimate of drug-likeness (QED) is 0.559. The molecule has 0 aliphatic heterocycles. The number of hydrogen-bond acceptors (Lipinski definition) is 5. The lowest BCUT2D eigenvalue weighted by atomic mass is 10.1. The monoisotopic (exact) mass is 293 g/mol. The van der Waals surface area contributed by atoms with E-state index in [9.17, 15) is 9.59 Å². The Hall–Kier alpha value is -2.24. The molecule has 0 radical (unpaired) electrons. The highest BCUT2D eigenvalue weighted by molar-refractivity contribution is 5.92. The maximum atomic E-state index is 11.8. The second kappa shape index (κ2) is 8.14. The lowest BCUT2D eigenvalue weighted by Gasteiger charge is -2.25. The second-order valence-electron chi connectivity index (χ2n) is 4.74. The number of ether oxygens (including phenoxy) is 1. The van der Waals surface area contributed by atoms with Crippen molar-refractivity contribution < 1.29 is 14.3 Å². The molecule has 1 aromatic carbocycles. The third-order valence-corrected chi connectivity index (χ3v) is 3.01. The number of nitrogens with two attached hydrogens (primary N) is 2. The number of unbranched alkanes of at least 4 members (excludes halogenated alkanes) is 1. The third-order valence-electron chi connectivity index (χ3n) is 3.01. The zero-order valence-electron chi connectivity index (χ0n) is 12.6. The van der Waals surface area contributed by atoms with E-state index in [2.05, 4.69) is 6.92 Å². The van der Waals surface area contributed by atoms with E-state index in [-0.39, 0.29) is 6.54 Å². The number of nitrogens with zero attached hydrogens (tertiary/aromatic N) is 1. The number of nitrogen functional groups attached to an aromatic ring is 1. The van der Waals surface area contributed by atoms with Gasteiger partial charge in [-0.1, -0.05) is 13.3 Å². The van der Waals surface area contributed by atoms with Gasteiger partial charge in [-0.25, -0.2) is 4.79 Å². The fraction of sp³-hybridized carbons (Fsp3) is 0.467. The van der Waals surface area contributed by atoms with E-state index in [4.69, 9.17) is 16.2 Å². The van der Waals surface area contributed by atoms with E-state index in [0.29, 0.717) is 30.1 Å². The molecule has 0 fully saturated rings. The minimum Gasteiger partial charge on any atom is -0.462 e. The van der Waals surface area contributed by atoms with Crippen LogP contribution >= 0.6 is 0 Å². The molecule has 0 atom stereocenters. The first-order valence-corrected chi connectivity index (χ1v) is 7.09. The topological polar surface area (TPSA) is 98.6 Å². The van der Waals surface area contributed by atoms with Gasteiger partial charge in [0.15, 0.2) is 0 Å². The third kappa shape index (κ3) is 4.98. The number of esters is 1. The highest BCUT2D eigenvalue weighted by Crippen LogP contribution is 2.25. The highest BCUT2D eigenvalue weighted by Gasteiger charge is 2.15. The Bertz CT molecular complexity index is 503. The Kier molecular flexibility index (Phi) is 6.52. The Morgan fingerprint density at radius 3 is 2.57 bits per heavy atom. The molecule has 1 amide bonds. The van der Waals surface area contributed by atoms with Crippen LogP contribution in [0.15, 0.2) is 18.2 Å². The van der Waals surface area contributed by atoms with Gasteiger partial charge in [0, 0.05) is 6.54 Å². The summed E-state index contributed by atoms with van der Waals surface area (Å²) in [5.41, 5.74) is 12.8. The maximum absolute atomic E-state index is 11.8. The zero-order valence-corrected chi connectivity index (χ0v) is 12.6. The Labute approximate surface area is 125 Å². The molecule has 0 bridgehead atoms. The number of rotatable bonds is 8. The van der Waals surface area contributed by atoms with Crippen molar-refractivity contribution >= 4 is 23.3 Å². The van der Waals surface area contributed by atoms with Crippen LogP contribution in [0.3, 0.4) is 0 Å². The average Bonchev–Trinajstić information content (AvgIpc) is 2.44. The summed E-state index contributed by atoms with van der Waals surface area (Å²) in [5.74, 6) is -0.847. The molecule has 6 heteroatoms. The average molecular weight is 293 g/mol. The van der Waals surface area contributed by atoms with Crippen LogP contribution in [0.2, 0.25) is 0 Å². The van der Waals surface area contributed by atoms with Crippen molar-refractivity contribution in [1.82, 2.24) is 0 Å². The lowest BCUT2D eigenvalue weighted by molar-refractivity contribution is -0.116. The van der Waals surface area contributed by atoms with Gasteiger partial charge in [0.25, 0.3) is 0 Å². The van der Waals surface area contributed by atoms with E-state index in [1.165, 1.54) is 0 Å². The fourth-order valence-electron chi connectivity index (χ4n) is 1.98. The van der Waals surface area contributed by atoms with Gasteiger partial charge < -0.3 is 21.1 Å². The first-order chi connectivity index (χ1) is 9.99. The lowest BCUT2D eigenvalue weighted by Crippen LogP contribution is -2.35. The number of carbonyl (C=O) groups is 2. The molecule has 1 rings (SSSR count). The van der Waals surface area contributed by atoms with Gasteiger partial charge in [-0.2, -0.15) is 0 Å². The zero-order chi connectivity index (χ0) is 15.8. The summed E-state index contributed by atoms with van der Waals surface area (Å²) >= 11 is 0. The Morgan fingerprint density at radius 1 is 1.29 bits per heavy atom. The van der Waals surface area contributed by atoms with E-state index >= 15 is 0 Å². The second-order valence-corrected chi connectivity index (χ2v) is 4.74. The molecule has 4 N–H and O–H groups in total. The molecule has 0 unspecified atom stereocenters. The molecule has 1 aromatic rings. The summed E-state index contributed by atoms with van der Waals surface area (Å²) in [6, 6.07) is 4.90. The van der Waals surface area contributed by atoms with Crippen LogP contribution in [0.25, 0.3) is 0 Å². The van der Waals surface area contributed by atoms with Crippen molar-refractivity contribution in [2.45, 2.75) is 26.7 Å². The predicted octanol–water partition coefficient (Wildman–Crippen LogP) is 1.54. The molecule has 0 aliphatic rings. The number of amides is 1. The summed E-state index contributed by atoms with van der Waals surface area (Å²) in [5, 5.41) is 0. The van der Waals surface area contributed by atoms with Crippen molar-refractivity contribution in [2.75, 3.05) is 30.3 Å². The van der Waals surface area contributed by atoms with Crippen LogP contribution in [-0.2, 0) is 9.53 Å². The summed E-state index contributed by atoms with van der Waals surface area (Å²) in [4.78, 5) is 24.8. The molecule has 0 aliphatic carbocycles. The SMILES string of the molecule is CCCCN(CC(N)=O)c1cc(C(=O)OCC)ccc1N. The van der Waals surface area contributed by atoms with Gasteiger partial charge in [-0.05, 0) is 31.5 Å². The van der Waals surface area contributed by atoms with Gasteiger partial charge in [0.2, 0.25) is 5.91 Å². The van der Waals surface area contributed by atoms with Gasteiger partial charge >= 0.3 is 5.97 Å². The summed E-state index contributed by atoms with van der Waals surface area (Å²) in [7, 11) is 0. The largest absolute Gasteiger partial charge is 0.462 e. The van der Waals surface area contributed by atoms with Crippen LogP contribution in [0.5, 0.6) is 0 Å². The van der Waals surface area contributed by atoms with Crippen LogP contribution in [0.4, 0.5) is 11.4 Å². The van der Waals surface area contributed by atoms with Gasteiger partial charge in [-0.15, -0.1) is 0 Å². The minimum absolute atomic E-state index is 0.0660.